The molecule has 32 heavy (non-hydrogen) atoms. The molecule has 0 amide bonds. The van der Waals surface area contributed by atoms with Crippen molar-refractivity contribution in [2.75, 3.05) is 19.6 Å². The molecule has 2 aromatic carbocycles. The first-order chi connectivity index (χ1) is 15.6. The Morgan fingerprint density at radius 3 is 2.50 bits per heavy atom. The maximum Gasteiger partial charge on any atom is 0.150 e. The van der Waals surface area contributed by atoms with Gasteiger partial charge in [0.2, 0.25) is 0 Å². The minimum atomic E-state index is -1.12. The van der Waals surface area contributed by atoms with Crippen LogP contribution in [0.15, 0.2) is 66.7 Å². The molecule has 1 aliphatic carbocycles. The van der Waals surface area contributed by atoms with E-state index in [4.69, 9.17) is 0 Å². The van der Waals surface area contributed by atoms with E-state index in [1.807, 2.05) is 41.7 Å². The summed E-state index contributed by atoms with van der Waals surface area (Å²) in [6.07, 6.45) is 3.11. The zero-order valence-electron chi connectivity index (χ0n) is 18.2. The Hall–Kier alpha value is -2.34. The fraction of sp³-hybridized carbons (Fsp3) is 0.370. The summed E-state index contributed by atoms with van der Waals surface area (Å²) in [5.74, 6) is 0.524. The zero-order chi connectivity index (χ0) is 22.0. The molecular weight excluding hydrogens is 419 g/mol. The van der Waals surface area contributed by atoms with Crippen LogP contribution < -0.4 is 5.32 Å². The molecule has 1 saturated heterocycles. The number of nitrogens with zero attached hydrogens (tertiary/aromatic N) is 1. The molecule has 5 heteroatoms. The number of nitrogens with one attached hydrogen (secondary N) is 1. The number of benzene rings is 2. The lowest BCUT2D eigenvalue weighted by Crippen LogP contribution is -2.47. The topological polar surface area (TPSA) is 32.3 Å². The molecule has 2 aliphatic rings. The summed E-state index contributed by atoms with van der Waals surface area (Å²) in [5.41, 5.74) is 2.02. The van der Waals surface area contributed by atoms with Gasteiger partial charge >= 0.3 is 0 Å². The highest BCUT2D eigenvalue weighted by Crippen LogP contribution is 2.45. The first kappa shape index (κ1) is 21.5. The van der Waals surface area contributed by atoms with Gasteiger partial charge in [0.25, 0.3) is 0 Å². The number of carbonyl (C=O) groups is 1. The van der Waals surface area contributed by atoms with Gasteiger partial charge in [0.1, 0.15) is 12.0 Å². The van der Waals surface area contributed by atoms with Crippen molar-refractivity contribution in [1.82, 2.24) is 10.2 Å². The van der Waals surface area contributed by atoms with E-state index < -0.39 is 5.67 Å². The monoisotopic (exact) mass is 448 g/mol. The number of alkyl halides is 1. The van der Waals surface area contributed by atoms with E-state index in [2.05, 4.69) is 46.6 Å². The minimum Gasteiger partial charge on any atom is -0.310 e. The fourth-order valence-electron chi connectivity index (χ4n) is 4.61. The van der Waals surface area contributed by atoms with E-state index in [9.17, 15) is 4.79 Å². The van der Waals surface area contributed by atoms with Crippen LogP contribution in [0.25, 0.3) is 10.4 Å². The highest BCUT2D eigenvalue weighted by Gasteiger charge is 2.42. The molecular formula is C27H29FN2OS. The largest absolute Gasteiger partial charge is 0.310 e. The van der Waals surface area contributed by atoms with Crippen LogP contribution in [-0.4, -0.2) is 42.5 Å². The molecule has 1 aliphatic heterocycles. The lowest BCUT2D eigenvalue weighted by Gasteiger charge is -2.36. The molecule has 166 valence electrons. The number of aldehydes is 1. The Bertz CT molecular complexity index is 1040. The van der Waals surface area contributed by atoms with Crippen LogP contribution in [0.4, 0.5) is 4.39 Å². The summed E-state index contributed by atoms with van der Waals surface area (Å²) >= 11 is 1.86. The van der Waals surface area contributed by atoms with Crippen molar-refractivity contribution in [3.05, 3.63) is 82.7 Å². The molecule has 0 radical (unpaired) electrons. The van der Waals surface area contributed by atoms with Crippen LogP contribution in [0.3, 0.4) is 0 Å². The van der Waals surface area contributed by atoms with Crippen molar-refractivity contribution in [3.63, 3.8) is 0 Å². The molecule has 3 aromatic rings. The van der Waals surface area contributed by atoms with E-state index in [0.29, 0.717) is 36.9 Å². The molecule has 2 atom stereocenters. The number of likely N-dealkylation sites (tertiary alicyclic amines) is 1. The second-order valence-electron chi connectivity index (χ2n) is 9.18. The highest BCUT2D eigenvalue weighted by atomic mass is 32.1. The summed E-state index contributed by atoms with van der Waals surface area (Å²) < 4.78 is 15.4. The van der Waals surface area contributed by atoms with Crippen LogP contribution in [-0.2, 0) is 6.54 Å². The number of thiophene rings is 1. The molecule has 2 heterocycles. The lowest BCUT2D eigenvalue weighted by molar-refractivity contribution is 0.0544. The molecule has 0 bridgehead atoms. The van der Waals surface area contributed by atoms with Crippen LogP contribution in [0, 0.1) is 0 Å². The number of hydrogen-bond donors (Lipinski definition) is 1. The Morgan fingerprint density at radius 2 is 1.78 bits per heavy atom. The van der Waals surface area contributed by atoms with Gasteiger partial charge in [-0.05, 0) is 42.5 Å². The van der Waals surface area contributed by atoms with E-state index in [0.717, 1.165) is 32.3 Å². The van der Waals surface area contributed by atoms with Crippen molar-refractivity contribution in [3.8, 4) is 10.4 Å². The van der Waals surface area contributed by atoms with Gasteiger partial charge in [0.05, 0.1) is 0 Å². The van der Waals surface area contributed by atoms with Gasteiger partial charge in [-0.15, -0.1) is 11.3 Å². The molecule has 1 aromatic heterocycles. The van der Waals surface area contributed by atoms with Gasteiger partial charge in [-0.2, -0.15) is 0 Å². The second kappa shape index (κ2) is 9.26. The first-order valence-electron chi connectivity index (χ1n) is 11.5. The Kier molecular flexibility index (Phi) is 6.22. The van der Waals surface area contributed by atoms with Gasteiger partial charge in [-0.25, -0.2) is 4.39 Å². The summed E-state index contributed by atoms with van der Waals surface area (Å²) in [5, 5.41) is 3.52. The van der Waals surface area contributed by atoms with Gasteiger partial charge in [-0.3, -0.25) is 9.69 Å². The molecule has 2 fully saturated rings. The average molecular weight is 449 g/mol. The van der Waals surface area contributed by atoms with Crippen molar-refractivity contribution in [1.29, 1.82) is 0 Å². The summed E-state index contributed by atoms with van der Waals surface area (Å²) in [7, 11) is 0. The number of rotatable bonds is 8. The first-order valence-corrected chi connectivity index (χ1v) is 12.3. The normalized spacial score (nSPS) is 22.5. The predicted molar refractivity (Wildman–Crippen MR) is 129 cm³/mol. The maximum absolute atomic E-state index is 15.4. The van der Waals surface area contributed by atoms with Crippen molar-refractivity contribution < 1.29 is 9.18 Å². The Labute approximate surface area is 193 Å². The number of piperidine rings is 1. The zero-order valence-corrected chi connectivity index (χ0v) is 19.0. The highest BCUT2D eigenvalue weighted by molar-refractivity contribution is 7.15. The molecule has 0 spiro atoms. The summed E-state index contributed by atoms with van der Waals surface area (Å²) in [4.78, 5) is 15.8. The maximum atomic E-state index is 15.4. The Balaban J connectivity index is 1.08. The third kappa shape index (κ3) is 5.01. The standard InChI is InChI=1S/C27H29FN2OS/c28-27(12-14-30(15-13-27)17-20-6-8-21(18-31)9-7-20)19-29-24-16-23(24)26-11-10-25(32-26)22-4-2-1-3-5-22/h1-11,18,23-24,29H,12-17,19H2. The average Bonchev–Trinajstić information content (AvgIpc) is 3.45. The van der Waals surface area contributed by atoms with E-state index in [-0.39, 0.29) is 0 Å². The van der Waals surface area contributed by atoms with E-state index in [1.54, 1.807) is 0 Å². The molecule has 1 N–H and O–H groups in total. The molecule has 1 saturated carbocycles. The van der Waals surface area contributed by atoms with E-state index >= 15 is 4.39 Å². The predicted octanol–water partition coefficient (Wildman–Crippen LogP) is 5.68. The van der Waals surface area contributed by atoms with Crippen molar-refractivity contribution in [2.24, 2.45) is 0 Å². The third-order valence-electron chi connectivity index (χ3n) is 6.80. The molecule has 5 rings (SSSR count). The number of halogens is 1. The third-order valence-corrected chi connectivity index (χ3v) is 8.06. The van der Waals surface area contributed by atoms with Crippen LogP contribution in [0.2, 0.25) is 0 Å². The van der Waals surface area contributed by atoms with Crippen LogP contribution >= 0.6 is 11.3 Å². The SMILES string of the molecule is O=Cc1ccc(CN2CCC(F)(CNC3CC3c3ccc(-c4ccccc4)s3)CC2)cc1. The van der Waals surface area contributed by atoms with Gasteiger partial charge in [0, 0.05) is 53.5 Å². The van der Waals surface area contributed by atoms with Crippen LogP contribution in [0.1, 0.15) is 46.0 Å². The van der Waals surface area contributed by atoms with Gasteiger partial charge in [0.15, 0.2) is 0 Å². The lowest BCUT2D eigenvalue weighted by atomic mass is 9.93. The minimum absolute atomic E-state index is 0.402. The van der Waals surface area contributed by atoms with Crippen LogP contribution in [0.5, 0.6) is 0 Å². The molecule has 2 unspecified atom stereocenters. The quantitative estimate of drug-likeness (QED) is 0.450. The fourth-order valence-corrected chi connectivity index (χ4v) is 5.80. The number of hydrogen-bond acceptors (Lipinski definition) is 4. The van der Waals surface area contributed by atoms with Gasteiger partial charge in [-0.1, -0.05) is 54.6 Å². The summed E-state index contributed by atoms with van der Waals surface area (Å²) in [6, 6.07) is 23.0. The smallest absolute Gasteiger partial charge is 0.150 e. The van der Waals surface area contributed by atoms with Crippen molar-refractivity contribution >= 4 is 17.6 Å². The van der Waals surface area contributed by atoms with Gasteiger partial charge < -0.3 is 5.32 Å². The van der Waals surface area contributed by atoms with Crippen molar-refractivity contribution in [2.45, 2.75) is 43.4 Å². The second-order valence-corrected chi connectivity index (χ2v) is 10.3. The van der Waals surface area contributed by atoms with E-state index in [1.165, 1.54) is 20.9 Å². The summed E-state index contributed by atoms with van der Waals surface area (Å²) in [6.45, 7) is 2.81. The molecule has 3 nitrogen and oxygen atoms in total. The number of carbonyl (C=O) groups excluding carboxylic acids is 1. The Morgan fingerprint density at radius 1 is 1.03 bits per heavy atom.